The van der Waals surface area contributed by atoms with E-state index in [2.05, 4.69) is 25.8 Å². The predicted molar refractivity (Wildman–Crippen MR) is 101 cm³/mol. The summed E-state index contributed by atoms with van der Waals surface area (Å²) in [7, 11) is 0. The molecule has 0 saturated heterocycles. The van der Waals surface area contributed by atoms with Crippen molar-refractivity contribution in [1.29, 1.82) is 0 Å². The maximum atomic E-state index is 13.6. The molecule has 29 heavy (non-hydrogen) atoms. The molecule has 0 aliphatic heterocycles. The van der Waals surface area contributed by atoms with Gasteiger partial charge in [0.15, 0.2) is 0 Å². The number of carbonyl (C=O) groups excluding carboxylic acids is 1. The largest absolute Gasteiger partial charge is 0.351 e. The lowest BCUT2D eigenvalue weighted by Crippen LogP contribution is -2.28. The number of benzene rings is 2. The molecule has 1 N–H and O–H groups in total. The van der Waals surface area contributed by atoms with Crippen molar-refractivity contribution in [2.24, 2.45) is 0 Å². The van der Waals surface area contributed by atoms with E-state index >= 15 is 0 Å². The Labute approximate surface area is 164 Å². The van der Waals surface area contributed by atoms with Crippen LogP contribution in [0, 0.1) is 0 Å². The monoisotopic (exact) mass is 397 g/mol. The van der Waals surface area contributed by atoms with Crippen molar-refractivity contribution in [2.75, 3.05) is 6.54 Å². The Hall–Kier alpha value is -3.69. The Balaban J connectivity index is 1.47. The standard InChI is InChI=1S/C19H17F2N7O/c1-12(17-24-15-4-2-3-5-16(15)28(17)19(20)21)10-22-18(29)13-6-8-14(9-7-13)27-11-23-25-26-27/h2-9,11-12,19H,10H2,1H3,(H,22,29). The van der Waals surface area contributed by atoms with E-state index in [4.69, 9.17) is 0 Å². The molecule has 2 aromatic heterocycles. The first-order valence-corrected chi connectivity index (χ1v) is 8.91. The second-order valence-corrected chi connectivity index (χ2v) is 6.52. The molecular weight excluding hydrogens is 380 g/mol. The molecule has 0 aliphatic carbocycles. The number of nitrogens with zero attached hydrogens (tertiary/aromatic N) is 6. The highest BCUT2D eigenvalue weighted by Crippen LogP contribution is 2.27. The summed E-state index contributed by atoms with van der Waals surface area (Å²) in [6, 6.07) is 13.5. The molecule has 0 spiro atoms. The molecule has 2 heterocycles. The zero-order valence-corrected chi connectivity index (χ0v) is 15.4. The lowest BCUT2D eigenvalue weighted by Gasteiger charge is -2.15. The van der Waals surface area contributed by atoms with Crippen LogP contribution in [-0.4, -0.2) is 42.2 Å². The minimum atomic E-state index is -2.71. The van der Waals surface area contributed by atoms with Gasteiger partial charge in [-0.15, -0.1) is 5.10 Å². The van der Waals surface area contributed by atoms with E-state index in [-0.39, 0.29) is 18.3 Å². The highest BCUT2D eigenvalue weighted by Gasteiger charge is 2.22. The van der Waals surface area contributed by atoms with Gasteiger partial charge in [-0.2, -0.15) is 8.78 Å². The van der Waals surface area contributed by atoms with E-state index < -0.39 is 12.5 Å². The summed E-state index contributed by atoms with van der Waals surface area (Å²) < 4.78 is 29.6. The van der Waals surface area contributed by atoms with Gasteiger partial charge >= 0.3 is 6.55 Å². The van der Waals surface area contributed by atoms with Crippen LogP contribution in [0.25, 0.3) is 16.7 Å². The number of carbonyl (C=O) groups is 1. The number of alkyl halides is 2. The topological polar surface area (TPSA) is 90.5 Å². The number of para-hydroxylation sites is 2. The Kier molecular flexibility index (Phi) is 4.98. The second kappa shape index (κ2) is 7.74. The van der Waals surface area contributed by atoms with Gasteiger partial charge in [0.2, 0.25) is 0 Å². The number of fused-ring (bicyclic) bond motifs is 1. The Morgan fingerprint density at radius 2 is 1.90 bits per heavy atom. The van der Waals surface area contributed by atoms with Gasteiger partial charge in [0, 0.05) is 18.0 Å². The van der Waals surface area contributed by atoms with Gasteiger partial charge in [-0.3, -0.25) is 9.36 Å². The van der Waals surface area contributed by atoms with Gasteiger partial charge in [-0.05, 0) is 46.8 Å². The summed E-state index contributed by atoms with van der Waals surface area (Å²) in [6.07, 6.45) is 1.45. The molecule has 8 nitrogen and oxygen atoms in total. The molecule has 1 atom stereocenters. The van der Waals surface area contributed by atoms with Crippen LogP contribution in [0.5, 0.6) is 0 Å². The fourth-order valence-corrected chi connectivity index (χ4v) is 3.10. The highest BCUT2D eigenvalue weighted by molar-refractivity contribution is 5.94. The summed E-state index contributed by atoms with van der Waals surface area (Å²) in [5.41, 5.74) is 2.02. The van der Waals surface area contributed by atoms with Crippen molar-refractivity contribution in [3.8, 4) is 5.69 Å². The lowest BCUT2D eigenvalue weighted by atomic mass is 10.1. The quantitative estimate of drug-likeness (QED) is 0.540. The molecule has 4 rings (SSSR count). The zero-order chi connectivity index (χ0) is 20.4. The van der Waals surface area contributed by atoms with Crippen LogP contribution >= 0.6 is 0 Å². The first kappa shape index (κ1) is 18.7. The van der Waals surface area contributed by atoms with E-state index in [1.165, 1.54) is 11.0 Å². The molecule has 0 saturated carbocycles. The molecule has 1 amide bonds. The van der Waals surface area contributed by atoms with Crippen LogP contribution in [0.2, 0.25) is 0 Å². The average Bonchev–Trinajstić information content (AvgIpc) is 3.39. The summed E-state index contributed by atoms with van der Waals surface area (Å²) in [5.74, 6) is -0.476. The number of aromatic nitrogens is 6. The van der Waals surface area contributed by atoms with Crippen LogP contribution < -0.4 is 5.32 Å². The average molecular weight is 397 g/mol. The van der Waals surface area contributed by atoms with Crippen LogP contribution in [0.3, 0.4) is 0 Å². The Bertz CT molecular complexity index is 1120. The number of amides is 1. The highest BCUT2D eigenvalue weighted by atomic mass is 19.3. The zero-order valence-electron chi connectivity index (χ0n) is 15.4. The van der Waals surface area contributed by atoms with Crippen LogP contribution in [0.4, 0.5) is 8.78 Å². The number of halogens is 2. The van der Waals surface area contributed by atoms with Gasteiger partial charge in [-0.1, -0.05) is 19.1 Å². The first-order valence-electron chi connectivity index (χ1n) is 8.91. The second-order valence-electron chi connectivity index (χ2n) is 6.52. The maximum absolute atomic E-state index is 13.6. The van der Waals surface area contributed by atoms with Crippen LogP contribution in [-0.2, 0) is 0 Å². The van der Waals surface area contributed by atoms with Gasteiger partial charge in [0.05, 0.1) is 16.7 Å². The van der Waals surface area contributed by atoms with Crippen LogP contribution in [0.15, 0.2) is 54.9 Å². The molecule has 10 heteroatoms. The van der Waals surface area contributed by atoms with Gasteiger partial charge < -0.3 is 5.32 Å². The van der Waals surface area contributed by atoms with Gasteiger partial charge in [0.1, 0.15) is 12.2 Å². The summed E-state index contributed by atoms with van der Waals surface area (Å²) in [5, 5.41) is 13.7. The number of tetrazole rings is 1. The fraction of sp³-hybridized carbons (Fsp3) is 0.211. The van der Waals surface area contributed by atoms with E-state index in [0.717, 1.165) is 4.57 Å². The molecule has 0 fully saturated rings. The van der Waals surface area contributed by atoms with Crippen LogP contribution in [0.1, 0.15) is 35.6 Å². The third-order valence-electron chi connectivity index (χ3n) is 4.57. The minimum absolute atomic E-state index is 0.170. The molecule has 0 aliphatic rings. The molecule has 0 radical (unpaired) electrons. The molecule has 2 aromatic carbocycles. The number of imidazole rings is 1. The third kappa shape index (κ3) is 3.68. The molecular formula is C19H17F2N7O. The minimum Gasteiger partial charge on any atom is -0.351 e. The van der Waals surface area contributed by atoms with Crippen molar-refractivity contribution in [1.82, 2.24) is 35.1 Å². The van der Waals surface area contributed by atoms with Gasteiger partial charge in [0.25, 0.3) is 5.91 Å². The van der Waals surface area contributed by atoms with Crippen molar-refractivity contribution < 1.29 is 13.6 Å². The summed E-state index contributed by atoms with van der Waals surface area (Å²) in [6.45, 7) is -0.792. The van der Waals surface area contributed by atoms with E-state index in [9.17, 15) is 13.6 Å². The SMILES string of the molecule is CC(CNC(=O)c1ccc(-n2cnnn2)cc1)c1nc2ccccc2n1C(F)F. The van der Waals surface area contributed by atoms with Crippen molar-refractivity contribution in [3.05, 3.63) is 66.2 Å². The Morgan fingerprint density at radius 3 is 2.59 bits per heavy atom. The van der Waals surface area contributed by atoms with Crippen molar-refractivity contribution >= 4 is 16.9 Å². The van der Waals surface area contributed by atoms with Crippen molar-refractivity contribution in [3.63, 3.8) is 0 Å². The number of hydrogen-bond donors (Lipinski definition) is 1. The van der Waals surface area contributed by atoms with Gasteiger partial charge in [-0.25, -0.2) is 9.67 Å². The summed E-state index contributed by atoms with van der Waals surface area (Å²) in [4.78, 5) is 16.8. The lowest BCUT2D eigenvalue weighted by molar-refractivity contribution is 0.0704. The maximum Gasteiger partial charge on any atom is 0.320 e. The number of nitrogens with one attached hydrogen (secondary N) is 1. The first-order chi connectivity index (χ1) is 14.0. The summed E-state index contributed by atoms with van der Waals surface area (Å²) >= 11 is 0. The predicted octanol–water partition coefficient (Wildman–Crippen LogP) is 2.94. The third-order valence-corrected chi connectivity index (χ3v) is 4.57. The van der Waals surface area contributed by atoms with E-state index in [1.807, 2.05) is 0 Å². The normalized spacial score (nSPS) is 12.4. The van der Waals surface area contributed by atoms with E-state index in [0.29, 0.717) is 22.3 Å². The fourth-order valence-electron chi connectivity index (χ4n) is 3.10. The molecule has 0 bridgehead atoms. The van der Waals surface area contributed by atoms with E-state index in [1.54, 1.807) is 55.5 Å². The number of hydrogen-bond acceptors (Lipinski definition) is 5. The Morgan fingerprint density at radius 1 is 1.14 bits per heavy atom. The molecule has 148 valence electrons. The molecule has 1 unspecified atom stereocenters. The molecule has 4 aromatic rings. The smallest absolute Gasteiger partial charge is 0.320 e. The number of rotatable bonds is 6. The van der Waals surface area contributed by atoms with Crippen molar-refractivity contribution in [2.45, 2.75) is 19.4 Å².